The van der Waals surface area contributed by atoms with E-state index in [1.165, 1.54) is 0 Å². The van der Waals surface area contributed by atoms with E-state index in [4.69, 9.17) is 27.7 Å². The molecule has 0 spiro atoms. The van der Waals surface area contributed by atoms with Gasteiger partial charge in [-0.2, -0.15) is 4.98 Å². The zero-order chi connectivity index (χ0) is 14.1. The predicted octanol–water partition coefficient (Wildman–Crippen LogP) is 4.06. The van der Waals surface area contributed by atoms with Crippen LogP contribution in [0.25, 0.3) is 11.4 Å². The summed E-state index contributed by atoms with van der Waals surface area (Å²) >= 11 is 11.9. The molecule has 1 N–H and O–H groups in total. The molecule has 1 aromatic carbocycles. The molecule has 0 amide bonds. The molecule has 1 fully saturated rings. The van der Waals surface area contributed by atoms with E-state index in [2.05, 4.69) is 10.1 Å². The number of nitrogens with zero attached hydrogens (tertiary/aromatic N) is 2. The largest absolute Gasteiger partial charge is 0.392 e. The highest BCUT2D eigenvalue weighted by atomic mass is 35.5. The molecule has 1 heterocycles. The molecule has 0 saturated heterocycles. The number of aliphatic hydroxyl groups excluding tert-OH is 1. The maximum atomic E-state index is 10.0. The number of benzene rings is 1. The van der Waals surface area contributed by atoms with Crippen LogP contribution in [-0.4, -0.2) is 21.4 Å². The number of halogens is 2. The lowest BCUT2D eigenvalue weighted by atomic mass is 9.86. The summed E-state index contributed by atoms with van der Waals surface area (Å²) in [6, 6.07) is 5.20. The van der Waals surface area contributed by atoms with Crippen molar-refractivity contribution in [3.05, 3.63) is 34.1 Å². The Labute approximate surface area is 126 Å². The third-order valence-corrected chi connectivity index (χ3v) is 4.41. The molecule has 2 unspecified atom stereocenters. The maximum Gasteiger partial charge on any atom is 0.232 e. The highest BCUT2D eigenvalue weighted by molar-refractivity contribution is 6.42. The molecule has 2 aromatic rings. The van der Waals surface area contributed by atoms with Crippen LogP contribution in [0.5, 0.6) is 0 Å². The number of aromatic nitrogens is 2. The number of hydrogen-bond donors (Lipinski definition) is 1. The van der Waals surface area contributed by atoms with Gasteiger partial charge in [0.25, 0.3) is 0 Å². The Kier molecular flexibility index (Phi) is 3.96. The minimum Gasteiger partial charge on any atom is -0.392 e. The molecule has 0 aliphatic heterocycles. The van der Waals surface area contributed by atoms with Crippen molar-refractivity contribution in [3.8, 4) is 11.4 Å². The molecule has 3 rings (SSSR count). The van der Waals surface area contributed by atoms with Gasteiger partial charge in [-0.15, -0.1) is 0 Å². The Hall–Kier alpha value is -1.10. The molecule has 4 nitrogen and oxygen atoms in total. The van der Waals surface area contributed by atoms with Crippen LogP contribution >= 0.6 is 23.2 Å². The van der Waals surface area contributed by atoms with Crippen molar-refractivity contribution in [2.45, 2.75) is 37.7 Å². The standard InChI is InChI=1S/C14H14Cl2N2O2/c15-10-6-5-8(7-11(10)16)13-17-14(20-18-13)9-3-1-2-4-12(9)19/h5-7,9,12,19H,1-4H2. The highest BCUT2D eigenvalue weighted by Gasteiger charge is 2.29. The van der Waals surface area contributed by atoms with Gasteiger partial charge in [0.15, 0.2) is 0 Å². The van der Waals surface area contributed by atoms with E-state index in [0.29, 0.717) is 21.8 Å². The van der Waals surface area contributed by atoms with Crippen LogP contribution in [0.4, 0.5) is 0 Å². The van der Waals surface area contributed by atoms with Crippen molar-refractivity contribution in [2.75, 3.05) is 0 Å². The Morgan fingerprint density at radius 2 is 1.95 bits per heavy atom. The van der Waals surface area contributed by atoms with Crippen molar-refractivity contribution in [2.24, 2.45) is 0 Å². The first-order valence-corrected chi connectivity index (χ1v) is 7.38. The van der Waals surface area contributed by atoms with Gasteiger partial charge < -0.3 is 9.63 Å². The molecule has 1 aliphatic rings. The van der Waals surface area contributed by atoms with E-state index in [1.807, 2.05) is 0 Å². The van der Waals surface area contributed by atoms with Crippen molar-refractivity contribution in [1.82, 2.24) is 10.1 Å². The Bertz CT molecular complexity index is 615. The summed E-state index contributed by atoms with van der Waals surface area (Å²) < 4.78 is 5.30. The summed E-state index contributed by atoms with van der Waals surface area (Å²) in [5.41, 5.74) is 0.750. The first-order chi connectivity index (χ1) is 9.65. The second-order valence-corrected chi connectivity index (χ2v) is 5.86. The van der Waals surface area contributed by atoms with E-state index >= 15 is 0 Å². The molecule has 1 saturated carbocycles. The predicted molar refractivity (Wildman–Crippen MR) is 77.0 cm³/mol. The molecule has 1 aromatic heterocycles. The van der Waals surface area contributed by atoms with Crippen LogP contribution in [0.15, 0.2) is 22.7 Å². The number of rotatable bonds is 2. The van der Waals surface area contributed by atoms with Gasteiger partial charge in [0.1, 0.15) is 0 Å². The second kappa shape index (κ2) is 5.72. The fraction of sp³-hybridized carbons (Fsp3) is 0.429. The third-order valence-electron chi connectivity index (χ3n) is 3.67. The van der Waals surface area contributed by atoms with Gasteiger partial charge in [-0.25, -0.2) is 0 Å². The molecule has 1 aliphatic carbocycles. The third kappa shape index (κ3) is 2.68. The summed E-state index contributed by atoms with van der Waals surface area (Å²) in [5, 5.41) is 14.9. The van der Waals surface area contributed by atoms with Gasteiger partial charge >= 0.3 is 0 Å². The smallest absolute Gasteiger partial charge is 0.232 e. The van der Waals surface area contributed by atoms with Crippen LogP contribution < -0.4 is 0 Å². The minimum absolute atomic E-state index is 0.0622. The molecule has 20 heavy (non-hydrogen) atoms. The van der Waals surface area contributed by atoms with Crippen molar-refractivity contribution in [1.29, 1.82) is 0 Å². The maximum absolute atomic E-state index is 10.0. The zero-order valence-corrected chi connectivity index (χ0v) is 12.2. The normalized spacial score (nSPS) is 22.9. The molecule has 106 valence electrons. The fourth-order valence-corrected chi connectivity index (χ4v) is 2.84. The Morgan fingerprint density at radius 3 is 2.70 bits per heavy atom. The van der Waals surface area contributed by atoms with Gasteiger partial charge in [0, 0.05) is 5.56 Å². The number of hydrogen-bond acceptors (Lipinski definition) is 4. The van der Waals surface area contributed by atoms with Gasteiger partial charge in [0.2, 0.25) is 11.7 Å². The van der Waals surface area contributed by atoms with E-state index < -0.39 is 6.10 Å². The average molecular weight is 313 g/mol. The molecular formula is C14H14Cl2N2O2. The Morgan fingerprint density at radius 1 is 1.15 bits per heavy atom. The van der Waals surface area contributed by atoms with E-state index in [0.717, 1.165) is 31.2 Å². The Balaban J connectivity index is 1.87. The van der Waals surface area contributed by atoms with Crippen LogP contribution in [0.2, 0.25) is 10.0 Å². The van der Waals surface area contributed by atoms with Crippen molar-refractivity contribution >= 4 is 23.2 Å². The topological polar surface area (TPSA) is 59.2 Å². The van der Waals surface area contributed by atoms with Gasteiger partial charge in [0.05, 0.1) is 22.1 Å². The zero-order valence-electron chi connectivity index (χ0n) is 10.7. The van der Waals surface area contributed by atoms with Crippen LogP contribution in [0.3, 0.4) is 0 Å². The summed E-state index contributed by atoms with van der Waals surface area (Å²) in [6.45, 7) is 0. The quantitative estimate of drug-likeness (QED) is 0.908. The molecule has 6 heteroatoms. The molecule has 0 radical (unpaired) electrons. The van der Waals surface area contributed by atoms with E-state index in [-0.39, 0.29) is 5.92 Å². The lowest BCUT2D eigenvalue weighted by molar-refractivity contribution is 0.0908. The molecule has 2 atom stereocenters. The fourth-order valence-electron chi connectivity index (χ4n) is 2.54. The van der Waals surface area contributed by atoms with Crippen LogP contribution in [-0.2, 0) is 0 Å². The van der Waals surface area contributed by atoms with Crippen LogP contribution in [0, 0.1) is 0 Å². The first kappa shape index (κ1) is 13.9. The van der Waals surface area contributed by atoms with Gasteiger partial charge in [-0.05, 0) is 31.0 Å². The second-order valence-electron chi connectivity index (χ2n) is 5.04. The summed E-state index contributed by atoms with van der Waals surface area (Å²) in [6.07, 6.45) is 3.39. The van der Waals surface area contributed by atoms with Gasteiger partial charge in [-0.1, -0.05) is 41.2 Å². The lowest BCUT2D eigenvalue weighted by Gasteiger charge is -2.24. The molecular weight excluding hydrogens is 299 g/mol. The van der Waals surface area contributed by atoms with Crippen LogP contribution in [0.1, 0.15) is 37.5 Å². The molecule has 0 bridgehead atoms. The first-order valence-electron chi connectivity index (χ1n) is 6.62. The van der Waals surface area contributed by atoms with Crippen molar-refractivity contribution in [3.63, 3.8) is 0 Å². The highest BCUT2D eigenvalue weighted by Crippen LogP contribution is 2.33. The monoisotopic (exact) mass is 312 g/mol. The summed E-state index contributed by atoms with van der Waals surface area (Å²) in [5.74, 6) is 0.905. The van der Waals surface area contributed by atoms with Gasteiger partial charge in [-0.3, -0.25) is 0 Å². The lowest BCUT2D eigenvalue weighted by Crippen LogP contribution is -2.22. The van der Waals surface area contributed by atoms with E-state index in [1.54, 1.807) is 18.2 Å². The average Bonchev–Trinajstić information content (AvgIpc) is 2.92. The summed E-state index contributed by atoms with van der Waals surface area (Å²) in [7, 11) is 0. The minimum atomic E-state index is -0.397. The SMILES string of the molecule is OC1CCCCC1c1nc(-c2ccc(Cl)c(Cl)c2)no1. The number of aliphatic hydroxyl groups is 1. The van der Waals surface area contributed by atoms with E-state index in [9.17, 15) is 5.11 Å². The van der Waals surface area contributed by atoms with Crippen molar-refractivity contribution < 1.29 is 9.63 Å². The summed E-state index contributed by atoms with van der Waals surface area (Å²) in [4.78, 5) is 4.39.